The van der Waals surface area contributed by atoms with Gasteiger partial charge in [0.2, 0.25) is 0 Å². The lowest BCUT2D eigenvalue weighted by molar-refractivity contribution is -0.130. The summed E-state index contributed by atoms with van der Waals surface area (Å²) in [6.07, 6.45) is -0.284. The highest BCUT2D eigenvalue weighted by Gasteiger charge is 2.25. The minimum absolute atomic E-state index is 0.303. The number of halogens is 2. The molecule has 1 rings (SSSR count). The smallest absolute Gasteiger partial charge is 0.267 e. The van der Waals surface area contributed by atoms with Crippen LogP contribution in [0.5, 0.6) is 0 Å². The molecular weight excluding hydrogens is 316 g/mol. The van der Waals surface area contributed by atoms with Crippen molar-refractivity contribution in [1.29, 1.82) is 0 Å². The zero-order valence-corrected chi connectivity index (χ0v) is 13.4. The zero-order chi connectivity index (χ0) is 16.9. The molecule has 0 aliphatic carbocycles. The first kappa shape index (κ1) is 18.5. The van der Waals surface area contributed by atoms with Gasteiger partial charge in [-0.2, -0.15) is 0 Å². The van der Waals surface area contributed by atoms with Gasteiger partial charge in [-0.05, 0) is 31.4 Å². The van der Waals surface area contributed by atoms with Gasteiger partial charge in [0, 0.05) is 12.7 Å². The molecule has 0 aliphatic rings. The van der Waals surface area contributed by atoms with Gasteiger partial charge in [0.15, 0.2) is 0 Å². The maximum atomic E-state index is 13.5. The molecule has 1 N–H and O–H groups in total. The topological polar surface area (TPSA) is 72.5 Å². The highest BCUT2D eigenvalue weighted by Crippen LogP contribution is 2.15. The molecule has 0 unspecified atom stereocenters. The maximum Gasteiger partial charge on any atom is 0.267 e. The number of hydrogen-bond acceptors (Lipinski definition) is 4. The minimum atomic E-state index is -4.41. The summed E-state index contributed by atoms with van der Waals surface area (Å²) in [4.78, 5) is 11.0. The molecule has 0 saturated carbocycles. The molecule has 0 radical (unpaired) electrons. The van der Waals surface area contributed by atoms with Crippen molar-refractivity contribution in [1.82, 2.24) is 4.72 Å². The summed E-state index contributed by atoms with van der Waals surface area (Å²) in [6, 6.07) is 1.98. The molecule has 1 amide bonds. The van der Waals surface area contributed by atoms with Crippen molar-refractivity contribution in [2.75, 3.05) is 6.61 Å². The number of rotatable bonds is 7. The van der Waals surface area contributed by atoms with E-state index >= 15 is 0 Å². The van der Waals surface area contributed by atoms with E-state index in [2.05, 4.69) is 0 Å². The van der Waals surface area contributed by atoms with E-state index in [4.69, 9.17) is 4.74 Å². The molecule has 0 aromatic heterocycles. The van der Waals surface area contributed by atoms with Crippen LogP contribution in [0, 0.1) is 17.6 Å². The van der Waals surface area contributed by atoms with Crippen molar-refractivity contribution in [2.24, 2.45) is 5.92 Å². The fourth-order valence-electron chi connectivity index (χ4n) is 1.52. The van der Waals surface area contributed by atoms with Crippen molar-refractivity contribution >= 4 is 15.9 Å². The highest BCUT2D eigenvalue weighted by molar-refractivity contribution is 7.90. The van der Waals surface area contributed by atoms with E-state index in [0.717, 1.165) is 18.6 Å². The molecule has 1 aromatic carbocycles. The molecule has 0 spiro atoms. The fraction of sp³-hybridized carbons (Fsp3) is 0.500. The Balaban J connectivity index is 2.73. The van der Waals surface area contributed by atoms with Gasteiger partial charge in [0.25, 0.3) is 15.9 Å². The molecule has 22 heavy (non-hydrogen) atoms. The van der Waals surface area contributed by atoms with Gasteiger partial charge >= 0.3 is 0 Å². The van der Waals surface area contributed by atoms with Gasteiger partial charge in [-0.1, -0.05) is 13.8 Å². The Morgan fingerprint density at radius 1 is 1.27 bits per heavy atom. The van der Waals surface area contributed by atoms with Crippen LogP contribution in [0.15, 0.2) is 23.1 Å². The molecule has 0 heterocycles. The van der Waals surface area contributed by atoms with Crippen LogP contribution in [0.1, 0.15) is 27.2 Å². The predicted molar refractivity (Wildman–Crippen MR) is 76.6 cm³/mol. The molecule has 8 heteroatoms. The number of sulfonamides is 1. The maximum absolute atomic E-state index is 13.5. The van der Waals surface area contributed by atoms with Crippen LogP contribution in [0.4, 0.5) is 8.78 Å². The van der Waals surface area contributed by atoms with E-state index in [1.807, 2.05) is 13.8 Å². The van der Waals surface area contributed by atoms with Crippen molar-refractivity contribution in [3.8, 4) is 0 Å². The molecule has 1 atom stereocenters. The van der Waals surface area contributed by atoms with Crippen LogP contribution in [0.25, 0.3) is 0 Å². The third kappa shape index (κ3) is 5.34. The molecule has 0 aliphatic heterocycles. The molecule has 0 bridgehead atoms. The van der Waals surface area contributed by atoms with E-state index < -0.39 is 38.6 Å². The van der Waals surface area contributed by atoms with E-state index in [0.29, 0.717) is 18.6 Å². The zero-order valence-electron chi connectivity index (χ0n) is 12.6. The molecule has 5 nitrogen and oxygen atoms in total. The summed E-state index contributed by atoms with van der Waals surface area (Å²) in [5.74, 6) is -2.71. The summed E-state index contributed by atoms with van der Waals surface area (Å²) >= 11 is 0. The lowest BCUT2D eigenvalue weighted by Gasteiger charge is -2.14. The number of benzene rings is 1. The van der Waals surface area contributed by atoms with Crippen molar-refractivity contribution in [3.05, 3.63) is 29.8 Å². The summed E-state index contributed by atoms with van der Waals surface area (Å²) in [5, 5.41) is 0. The Labute approximate surface area is 128 Å². The van der Waals surface area contributed by atoms with Crippen LogP contribution in [-0.2, 0) is 19.6 Å². The third-order valence-electron chi connectivity index (χ3n) is 2.85. The summed E-state index contributed by atoms with van der Waals surface area (Å²) < 4.78 is 57.0. The van der Waals surface area contributed by atoms with Gasteiger partial charge in [-0.25, -0.2) is 21.9 Å². The van der Waals surface area contributed by atoms with E-state index in [1.54, 1.807) is 4.72 Å². The molecule has 0 saturated heterocycles. The summed E-state index contributed by atoms with van der Waals surface area (Å²) in [7, 11) is -4.41. The molecule has 124 valence electrons. The molecule has 1 aromatic rings. The number of carbonyl (C=O) groups is 1. The first-order valence-corrected chi connectivity index (χ1v) is 8.25. The fourth-order valence-corrected chi connectivity index (χ4v) is 2.62. The van der Waals surface area contributed by atoms with Crippen LogP contribution >= 0.6 is 0 Å². The highest BCUT2D eigenvalue weighted by atomic mass is 32.2. The average Bonchev–Trinajstić information content (AvgIpc) is 2.36. The van der Waals surface area contributed by atoms with E-state index in [9.17, 15) is 22.0 Å². The Morgan fingerprint density at radius 3 is 2.45 bits per heavy atom. The lowest BCUT2D eigenvalue weighted by Crippen LogP contribution is -2.39. The average molecular weight is 335 g/mol. The van der Waals surface area contributed by atoms with Crippen LogP contribution in [0.3, 0.4) is 0 Å². The van der Waals surface area contributed by atoms with Crippen molar-refractivity contribution in [2.45, 2.75) is 38.2 Å². The lowest BCUT2D eigenvalue weighted by atomic mass is 10.1. The van der Waals surface area contributed by atoms with Crippen LogP contribution in [0.2, 0.25) is 0 Å². The van der Waals surface area contributed by atoms with Gasteiger partial charge in [-0.15, -0.1) is 0 Å². The normalized spacial score (nSPS) is 13.2. The minimum Gasteiger partial charge on any atom is -0.369 e. The number of carbonyl (C=O) groups excluding carboxylic acids is 1. The Kier molecular flexibility index (Phi) is 6.43. The Hall–Kier alpha value is -1.54. The van der Waals surface area contributed by atoms with Crippen LogP contribution < -0.4 is 4.72 Å². The van der Waals surface area contributed by atoms with Crippen LogP contribution in [-0.4, -0.2) is 27.0 Å². The largest absolute Gasteiger partial charge is 0.369 e. The first-order chi connectivity index (χ1) is 10.1. The Bertz CT molecular complexity index is 632. The molecular formula is C14H19F2NO4S. The number of amides is 1. The van der Waals surface area contributed by atoms with Gasteiger partial charge in [-0.3, -0.25) is 4.79 Å². The van der Waals surface area contributed by atoms with E-state index in [-0.39, 0.29) is 0 Å². The quantitative estimate of drug-likeness (QED) is 0.829. The second-order valence-electron chi connectivity index (χ2n) is 5.24. The number of hydrogen-bond donors (Lipinski definition) is 1. The standard InChI is InChI=1S/C14H19F2NO4S/c1-9(2)6-7-21-10(3)14(18)17-22(19,20)13-5-4-11(15)8-12(13)16/h4-5,8-10H,6-7H2,1-3H3,(H,17,18)/t10-/m0/s1. The SMILES string of the molecule is CC(C)CCO[C@@H](C)C(=O)NS(=O)(=O)c1ccc(F)cc1F. The molecule has 0 fully saturated rings. The number of ether oxygens (including phenoxy) is 1. The monoisotopic (exact) mass is 335 g/mol. The van der Waals surface area contributed by atoms with Crippen molar-refractivity contribution < 1.29 is 26.7 Å². The van der Waals surface area contributed by atoms with Gasteiger partial charge < -0.3 is 4.74 Å². The second kappa shape index (κ2) is 7.64. The van der Waals surface area contributed by atoms with Crippen molar-refractivity contribution in [3.63, 3.8) is 0 Å². The third-order valence-corrected chi connectivity index (χ3v) is 4.23. The predicted octanol–water partition coefficient (Wildman–Crippen LogP) is 2.22. The second-order valence-corrected chi connectivity index (χ2v) is 6.89. The first-order valence-electron chi connectivity index (χ1n) is 6.77. The number of nitrogens with one attached hydrogen (secondary N) is 1. The van der Waals surface area contributed by atoms with E-state index in [1.165, 1.54) is 6.92 Å². The summed E-state index contributed by atoms with van der Waals surface area (Å²) in [5.41, 5.74) is 0. The Morgan fingerprint density at radius 2 is 1.91 bits per heavy atom. The van der Waals surface area contributed by atoms with Gasteiger partial charge in [0.05, 0.1) is 0 Å². The summed E-state index contributed by atoms with van der Waals surface area (Å²) in [6.45, 7) is 5.66. The van der Waals surface area contributed by atoms with Gasteiger partial charge in [0.1, 0.15) is 22.6 Å².